The molecule has 1 unspecified atom stereocenters. The number of aryl methyl sites for hydroxylation is 1. The van der Waals surface area contributed by atoms with E-state index in [2.05, 4.69) is 35.6 Å². The Bertz CT molecular complexity index is 265. The van der Waals surface area contributed by atoms with Crippen LogP contribution in [0.15, 0.2) is 6.33 Å². The van der Waals surface area contributed by atoms with Crippen LogP contribution in [0.2, 0.25) is 0 Å². The molecule has 0 saturated carbocycles. The summed E-state index contributed by atoms with van der Waals surface area (Å²) in [6.45, 7) is 7.39. The van der Waals surface area contributed by atoms with Gasteiger partial charge in [0.25, 0.3) is 0 Å². The average molecular weight is 181 g/mol. The normalized spacial score (nSPS) is 13.2. The third-order valence-electron chi connectivity index (χ3n) is 2.59. The first-order valence-electron chi connectivity index (χ1n) is 4.85. The number of nitrogens with zero attached hydrogens (tertiary/aromatic N) is 2. The van der Waals surface area contributed by atoms with Crippen LogP contribution in [0.25, 0.3) is 0 Å². The van der Waals surface area contributed by atoms with Crippen LogP contribution < -0.4 is 5.32 Å². The van der Waals surface area contributed by atoms with E-state index in [1.807, 2.05) is 13.4 Å². The maximum absolute atomic E-state index is 4.30. The van der Waals surface area contributed by atoms with Gasteiger partial charge in [-0.15, -0.1) is 0 Å². The lowest BCUT2D eigenvalue weighted by molar-refractivity contribution is 0.457. The first-order valence-corrected chi connectivity index (χ1v) is 4.85. The fourth-order valence-corrected chi connectivity index (χ4v) is 1.56. The first-order chi connectivity index (χ1) is 6.20. The summed E-state index contributed by atoms with van der Waals surface area (Å²) in [5, 5.41) is 3.21. The van der Waals surface area contributed by atoms with Crippen molar-refractivity contribution in [2.45, 2.75) is 33.2 Å². The van der Waals surface area contributed by atoms with Crippen molar-refractivity contribution in [3.63, 3.8) is 0 Å². The van der Waals surface area contributed by atoms with E-state index in [1.165, 1.54) is 5.69 Å². The molecule has 1 N–H and O–H groups in total. The Hall–Kier alpha value is -0.830. The van der Waals surface area contributed by atoms with Gasteiger partial charge >= 0.3 is 0 Å². The Balaban J connectivity index is 2.84. The summed E-state index contributed by atoms with van der Waals surface area (Å²) in [7, 11) is 1.99. The molecule has 0 aliphatic heterocycles. The molecule has 0 spiro atoms. The van der Waals surface area contributed by atoms with Crippen LogP contribution in [0.1, 0.15) is 30.8 Å². The van der Waals surface area contributed by atoms with Crippen molar-refractivity contribution in [2.24, 2.45) is 0 Å². The minimum atomic E-state index is 0.534. The van der Waals surface area contributed by atoms with Crippen LogP contribution in [0.3, 0.4) is 0 Å². The van der Waals surface area contributed by atoms with E-state index >= 15 is 0 Å². The molecular formula is C10H19N3. The van der Waals surface area contributed by atoms with E-state index < -0.39 is 0 Å². The molecule has 1 aromatic heterocycles. The topological polar surface area (TPSA) is 29.9 Å². The van der Waals surface area contributed by atoms with Crippen LogP contribution >= 0.6 is 0 Å². The molecule has 1 heterocycles. The molecule has 0 aliphatic rings. The minimum absolute atomic E-state index is 0.534. The van der Waals surface area contributed by atoms with Gasteiger partial charge in [0.15, 0.2) is 0 Å². The molecule has 1 atom stereocenters. The van der Waals surface area contributed by atoms with Gasteiger partial charge < -0.3 is 9.88 Å². The second-order valence-electron chi connectivity index (χ2n) is 3.44. The highest BCUT2D eigenvalue weighted by molar-refractivity contribution is 5.09. The largest absolute Gasteiger partial charge is 0.330 e. The lowest BCUT2D eigenvalue weighted by Crippen LogP contribution is -2.22. The molecule has 0 amide bonds. The smallest absolute Gasteiger partial charge is 0.0954 e. The quantitative estimate of drug-likeness (QED) is 0.765. The second kappa shape index (κ2) is 4.42. The molecular weight excluding hydrogens is 162 g/mol. The van der Waals surface area contributed by atoms with E-state index in [-0.39, 0.29) is 0 Å². The maximum atomic E-state index is 4.30. The van der Waals surface area contributed by atoms with Gasteiger partial charge in [0.05, 0.1) is 12.0 Å². The van der Waals surface area contributed by atoms with Crippen molar-refractivity contribution in [2.75, 3.05) is 13.6 Å². The van der Waals surface area contributed by atoms with Crippen LogP contribution in [0, 0.1) is 13.8 Å². The number of nitrogens with one attached hydrogen (secondary N) is 1. The predicted octanol–water partition coefficient (Wildman–Crippen LogP) is 1.67. The SMILES string of the molecule is CCC(CNC)n1cnc(C)c1C. The summed E-state index contributed by atoms with van der Waals surface area (Å²) in [4.78, 5) is 4.30. The highest BCUT2D eigenvalue weighted by Gasteiger charge is 2.10. The van der Waals surface area contributed by atoms with Crippen molar-refractivity contribution >= 4 is 0 Å². The molecule has 3 heteroatoms. The van der Waals surface area contributed by atoms with Crippen molar-refractivity contribution < 1.29 is 0 Å². The third-order valence-corrected chi connectivity index (χ3v) is 2.59. The first kappa shape index (κ1) is 10.3. The second-order valence-corrected chi connectivity index (χ2v) is 3.44. The molecule has 1 aromatic rings. The van der Waals surface area contributed by atoms with Crippen LogP contribution in [0.5, 0.6) is 0 Å². The standard InChI is InChI=1S/C10H19N3/c1-5-10(6-11-4)13-7-12-8(2)9(13)3/h7,10-11H,5-6H2,1-4H3. The van der Waals surface area contributed by atoms with E-state index in [0.717, 1.165) is 18.7 Å². The summed E-state index contributed by atoms with van der Waals surface area (Å²) in [6.07, 6.45) is 3.08. The third kappa shape index (κ3) is 2.10. The van der Waals surface area contributed by atoms with Crippen LogP contribution in [0.4, 0.5) is 0 Å². The Morgan fingerprint density at radius 1 is 1.54 bits per heavy atom. The van der Waals surface area contributed by atoms with E-state index in [4.69, 9.17) is 0 Å². The van der Waals surface area contributed by atoms with E-state index in [9.17, 15) is 0 Å². The Kier molecular flexibility index (Phi) is 3.48. The van der Waals surface area contributed by atoms with Crippen molar-refractivity contribution in [1.82, 2.24) is 14.9 Å². The summed E-state index contributed by atoms with van der Waals surface area (Å²) >= 11 is 0. The number of hydrogen-bond donors (Lipinski definition) is 1. The van der Waals surface area contributed by atoms with Gasteiger partial charge in [-0.3, -0.25) is 0 Å². The van der Waals surface area contributed by atoms with E-state index in [1.54, 1.807) is 0 Å². The molecule has 3 nitrogen and oxygen atoms in total. The fourth-order valence-electron chi connectivity index (χ4n) is 1.56. The van der Waals surface area contributed by atoms with Crippen LogP contribution in [-0.4, -0.2) is 23.1 Å². The summed E-state index contributed by atoms with van der Waals surface area (Å²) in [5.74, 6) is 0. The number of imidazole rings is 1. The number of aromatic nitrogens is 2. The number of hydrogen-bond acceptors (Lipinski definition) is 2. The summed E-state index contributed by atoms with van der Waals surface area (Å²) < 4.78 is 2.26. The summed E-state index contributed by atoms with van der Waals surface area (Å²) in [5.41, 5.74) is 2.41. The van der Waals surface area contributed by atoms with Gasteiger partial charge in [-0.05, 0) is 27.3 Å². The molecule has 0 aliphatic carbocycles. The molecule has 0 fully saturated rings. The summed E-state index contributed by atoms with van der Waals surface area (Å²) in [6, 6.07) is 0.534. The van der Waals surface area contributed by atoms with Crippen molar-refractivity contribution in [1.29, 1.82) is 0 Å². The number of rotatable bonds is 4. The lowest BCUT2D eigenvalue weighted by Gasteiger charge is -2.17. The highest BCUT2D eigenvalue weighted by Crippen LogP contribution is 2.14. The van der Waals surface area contributed by atoms with Crippen molar-refractivity contribution in [3.8, 4) is 0 Å². The van der Waals surface area contributed by atoms with Gasteiger partial charge in [0.1, 0.15) is 0 Å². The minimum Gasteiger partial charge on any atom is -0.330 e. The lowest BCUT2D eigenvalue weighted by atomic mass is 10.2. The van der Waals surface area contributed by atoms with Crippen LogP contribution in [-0.2, 0) is 0 Å². The molecule has 1 rings (SSSR count). The Morgan fingerprint density at radius 2 is 2.23 bits per heavy atom. The van der Waals surface area contributed by atoms with Crippen molar-refractivity contribution in [3.05, 3.63) is 17.7 Å². The molecule has 13 heavy (non-hydrogen) atoms. The predicted molar refractivity (Wildman–Crippen MR) is 55.0 cm³/mol. The van der Waals surface area contributed by atoms with Gasteiger partial charge in [-0.25, -0.2) is 4.98 Å². The molecule has 0 aromatic carbocycles. The van der Waals surface area contributed by atoms with E-state index in [0.29, 0.717) is 6.04 Å². The van der Waals surface area contributed by atoms with Gasteiger partial charge in [-0.1, -0.05) is 6.92 Å². The zero-order valence-electron chi connectivity index (χ0n) is 8.96. The van der Waals surface area contributed by atoms with Gasteiger partial charge in [0, 0.05) is 18.3 Å². The van der Waals surface area contributed by atoms with Gasteiger partial charge in [0.2, 0.25) is 0 Å². The van der Waals surface area contributed by atoms with Gasteiger partial charge in [-0.2, -0.15) is 0 Å². The highest BCUT2D eigenvalue weighted by atomic mass is 15.1. The average Bonchev–Trinajstić information content (AvgIpc) is 2.45. The number of likely N-dealkylation sites (N-methyl/N-ethyl adjacent to an activating group) is 1. The zero-order valence-corrected chi connectivity index (χ0v) is 8.96. The zero-order chi connectivity index (χ0) is 9.84. The maximum Gasteiger partial charge on any atom is 0.0954 e. The Labute approximate surface area is 80.2 Å². The fraction of sp³-hybridized carbons (Fsp3) is 0.700. The monoisotopic (exact) mass is 181 g/mol. The molecule has 0 saturated heterocycles. The molecule has 0 radical (unpaired) electrons. The molecule has 0 bridgehead atoms. The Morgan fingerprint density at radius 3 is 2.62 bits per heavy atom. The molecule has 74 valence electrons.